The molecule has 1 saturated heterocycles. The summed E-state index contributed by atoms with van der Waals surface area (Å²) in [6.45, 7) is 2.26. The molecule has 3 aromatic rings. The Balaban J connectivity index is 1.42. The highest BCUT2D eigenvalue weighted by atomic mass is 32.1. The maximum atomic E-state index is 12.9. The molecule has 0 atom stereocenters. The number of benzene rings is 2. The largest absolute Gasteiger partial charge is 0.497 e. The number of para-hydroxylation sites is 1. The van der Waals surface area contributed by atoms with E-state index in [-0.39, 0.29) is 11.7 Å². The molecule has 0 radical (unpaired) electrons. The van der Waals surface area contributed by atoms with Gasteiger partial charge in [0.2, 0.25) is 0 Å². The summed E-state index contributed by atoms with van der Waals surface area (Å²) in [4.78, 5) is 15.2. The molecule has 0 amide bonds. The zero-order chi connectivity index (χ0) is 22.7. The lowest BCUT2D eigenvalue weighted by molar-refractivity contribution is 0.0803. The molecule has 0 bridgehead atoms. The third-order valence-electron chi connectivity index (χ3n) is 6.06. The fourth-order valence-electron chi connectivity index (χ4n) is 4.16. The number of likely N-dealkylation sites (tertiary alicyclic amines) is 1. The molecule has 2 heterocycles. The van der Waals surface area contributed by atoms with Gasteiger partial charge in [0.25, 0.3) is 0 Å². The molecule has 0 unspecified atom stereocenters. The van der Waals surface area contributed by atoms with E-state index in [0.717, 1.165) is 54.4 Å². The van der Waals surface area contributed by atoms with Crippen molar-refractivity contribution in [3.05, 3.63) is 58.9 Å². The minimum atomic E-state index is 0.0421. The van der Waals surface area contributed by atoms with Crippen molar-refractivity contribution in [1.29, 1.82) is 0 Å². The molecule has 2 aromatic carbocycles. The van der Waals surface area contributed by atoms with Crippen LogP contribution in [-0.4, -0.2) is 52.3 Å². The summed E-state index contributed by atoms with van der Waals surface area (Å²) in [6.07, 6.45) is 1.65. The topological polar surface area (TPSA) is 61.5 Å². The van der Waals surface area contributed by atoms with E-state index in [1.54, 1.807) is 14.2 Å². The Labute approximate surface area is 193 Å². The number of ketones is 1. The van der Waals surface area contributed by atoms with Crippen LogP contribution < -0.4 is 9.47 Å². The van der Waals surface area contributed by atoms with Gasteiger partial charge in [0, 0.05) is 31.6 Å². The van der Waals surface area contributed by atoms with Gasteiger partial charge in [-0.15, -0.1) is 0 Å². The van der Waals surface area contributed by atoms with Crippen LogP contribution in [0.5, 0.6) is 11.5 Å². The molecule has 0 saturated carbocycles. The van der Waals surface area contributed by atoms with E-state index in [4.69, 9.17) is 26.8 Å². The Hall–Kier alpha value is -2.97. The molecule has 7 nitrogen and oxygen atoms in total. The second-order valence-corrected chi connectivity index (χ2v) is 8.36. The quantitative estimate of drug-likeness (QED) is 0.396. The highest BCUT2D eigenvalue weighted by molar-refractivity contribution is 7.71. The van der Waals surface area contributed by atoms with Crippen LogP contribution in [-0.2, 0) is 13.7 Å². The zero-order valence-electron chi connectivity index (χ0n) is 18.7. The Morgan fingerprint density at radius 3 is 2.41 bits per heavy atom. The van der Waals surface area contributed by atoms with Gasteiger partial charge < -0.3 is 14.0 Å². The molecule has 1 aliphatic rings. The van der Waals surface area contributed by atoms with Gasteiger partial charge in [-0.2, -0.15) is 5.10 Å². The van der Waals surface area contributed by atoms with Crippen LogP contribution in [0.15, 0.2) is 48.5 Å². The van der Waals surface area contributed by atoms with Gasteiger partial charge in [0.05, 0.1) is 26.5 Å². The van der Waals surface area contributed by atoms with Crippen LogP contribution in [0, 0.1) is 10.7 Å². The van der Waals surface area contributed by atoms with Crippen molar-refractivity contribution in [2.75, 3.05) is 27.3 Å². The number of hydrogen-bond donors (Lipinski definition) is 0. The highest BCUT2D eigenvalue weighted by Gasteiger charge is 2.26. The number of carbonyl (C=O) groups is 1. The highest BCUT2D eigenvalue weighted by Crippen LogP contribution is 2.28. The second-order valence-electron chi connectivity index (χ2n) is 7.99. The van der Waals surface area contributed by atoms with Crippen LogP contribution in [0.3, 0.4) is 0 Å². The van der Waals surface area contributed by atoms with Gasteiger partial charge in [-0.3, -0.25) is 9.69 Å². The summed E-state index contributed by atoms with van der Waals surface area (Å²) >= 11 is 5.64. The predicted molar refractivity (Wildman–Crippen MR) is 126 cm³/mol. The SMILES string of the molecule is COc1ccc(C(=O)C2CCN(Cn3nc(-c4ccccc4OC)n(C)c3=S)CC2)cc1. The van der Waals surface area contributed by atoms with Gasteiger partial charge in [0.15, 0.2) is 16.4 Å². The maximum Gasteiger partial charge on any atom is 0.199 e. The van der Waals surface area contributed by atoms with Gasteiger partial charge in [0.1, 0.15) is 11.5 Å². The second kappa shape index (κ2) is 9.67. The fraction of sp³-hybridized carbons (Fsp3) is 0.375. The summed E-state index contributed by atoms with van der Waals surface area (Å²) in [5, 5.41) is 4.78. The molecule has 8 heteroatoms. The first kappa shape index (κ1) is 22.2. The van der Waals surface area contributed by atoms with E-state index in [9.17, 15) is 4.79 Å². The normalized spacial score (nSPS) is 15.0. The summed E-state index contributed by atoms with van der Waals surface area (Å²) in [7, 11) is 5.20. The minimum absolute atomic E-state index is 0.0421. The number of rotatable bonds is 7. The summed E-state index contributed by atoms with van der Waals surface area (Å²) in [6, 6.07) is 15.2. The summed E-state index contributed by atoms with van der Waals surface area (Å²) < 4.78 is 15.1. The molecule has 4 rings (SSSR count). The van der Waals surface area contributed by atoms with Crippen LogP contribution in [0.25, 0.3) is 11.4 Å². The fourth-order valence-corrected chi connectivity index (χ4v) is 4.35. The monoisotopic (exact) mass is 452 g/mol. The Bertz CT molecular complexity index is 1140. The van der Waals surface area contributed by atoms with Crippen LogP contribution >= 0.6 is 12.2 Å². The molecule has 1 aromatic heterocycles. The number of nitrogens with zero attached hydrogens (tertiary/aromatic N) is 4. The first-order chi connectivity index (χ1) is 15.5. The number of aromatic nitrogens is 3. The van der Waals surface area contributed by atoms with E-state index < -0.39 is 0 Å². The molecule has 168 valence electrons. The van der Waals surface area contributed by atoms with Gasteiger partial charge >= 0.3 is 0 Å². The lowest BCUT2D eigenvalue weighted by Gasteiger charge is -2.30. The van der Waals surface area contributed by atoms with E-state index in [1.807, 2.05) is 64.8 Å². The molecule has 0 aliphatic carbocycles. The molecular weight excluding hydrogens is 424 g/mol. The van der Waals surface area contributed by atoms with E-state index in [0.29, 0.717) is 11.4 Å². The van der Waals surface area contributed by atoms with Crippen molar-refractivity contribution in [2.24, 2.45) is 13.0 Å². The average molecular weight is 453 g/mol. The van der Waals surface area contributed by atoms with E-state index in [1.165, 1.54) is 0 Å². The number of Topliss-reactive ketones (excluding diaryl/α,β-unsaturated/α-hetero) is 1. The maximum absolute atomic E-state index is 12.9. The first-order valence-corrected chi connectivity index (χ1v) is 11.1. The van der Waals surface area contributed by atoms with Crippen molar-refractivity contribution < 1.29 is 14.3 Å². The standard InChI is InChI=1S/C24H28N4O3S/c1-26-23(20-6-4-5-7-21(20)31-3)25-28(24(26)32)16-27-14-12-18(13-15-27)22(29)17-8-10-19(30-2)11-9-17/h4-11,18H,12-16H2,1-3H3. The van der Waals surface area contributed by atoms with E-state index in [2.05, 4.69) is 4.90 Å². The molecule has 32 heavy (non-hydrogen) atoms. The smallest absolute Gasteiger partial charge is 0.199 e. The predicted octanol–water partition coefficient (Wildman–Crippen LogP) is 4.19. The number of hydrogen-bond acceptors (Lipinski definition) is 6. The van der Waals surface area contributed by atoms with E-state index >= 15 is 0 Å². The lowest BCUT2D eigenvalue weighted by atomic mass is 9.89. The zero-order valence-corrected chi connectivity index (χ0v) is 19.5. The van der Waals surface area contributed by atoms with Gasteiger partial charge in [-0.05, 0) is 61.5 Å². The lowest BCUT2D eigenvalue weighted by Crippen LogP contribution is -2.37. The number of carbonyl (C=O) groups excluding carboxylic acids is 1. The van der Waals surface area contributed by atoms with Crippen LogP contribution in [0.2, 0.25) is 0 Å². The molecular formula is C24H28N4O3S. The molecule has 0 N–H and O–H groups in total. The third-order valence-corrected chi connectivity index (χ3v) is 6.54. The van der Waals surface area contributed by atoms with Gasteiger partial charge in [-0.25, -0.2) is 4.68 Å². The Kier molecular flexibility index (Phi) is 6.72. The Morgan fingerprint density at radius 1 is 1.06 bits per heavy atom. The Morgan fingerprint density at radius 2 is 1.75 bits per heavy atom. The molecule has 1 fully saturated rings. The van der Waals surface area contributed by atoms with Crippen LogP contribution in [0.1, 0.15) is 23.2 Å². The minimum Gasteiger partial charge on any atom is -0.497 e. The summed E-state index contributed by atoms with van der Waals surface area (Å²) in [5.74, 6) is 2.55. The number of methoxy groups -OCH3 is 2. The van der Waals surface area contributed by atoms with Crippen LogP contribution in [0.4, 0.5) is 0 Å². The first-order valence-electron chi connectivity index (χ1n) is 10.7. The van der Waals surface area contributed by atoms with Crippen molar-refractivity contribution >= 4 is 18.0 Å². The molecule has 0 spiro atoms. The third kappa shape index (κ3) is 4.47. The van der Waals surface area contributed by atoms with Crippen molar-refractivity contribution in [3.63, 3.8) is 0 Å². The van der Waals surface area contributed by atoms with Crippen molar-refractivity contribution in [1.82, 2.24) is 19.2 Å². The van der Waals surface area contributed by atoms with Crippen molar-refractivity contribution in [2.45, 2.75) is 19.5 Å². The number of ether oxygens (including phenoxy) is 2. The number of piperidine rings is 1. The van der Waals surface area contributed by atoms with Crippen molar-refractivity contribution in [3.8, 4) is 22.9 Å². The van der Waals surface area contributed by atoms with Gasteiger partial charge in [-0.1, -0.05) is 12.1 Å². The average Bonchev–Trinajstić information content (AvgIpc) is 3.12. The summed E-state index contributed by atoms with van der Waals surface area (Å²) in [5.41, 5.74) is 1.66. The molecule has 1 aliphatic heterocycles.